The Bertz CT molecular complexity index is 1080. The van der Waals surface area contributed by atoms with Crippen LogP contribution in [0.15, 0.2) is 36.4 Å². The molecule has 3 rings (SSSR count). The highest BCUT2D eigenvalue weighted by Gasteiger charge is 2.49. The van der Waals surface area contributed by atoms with Gasteiger partial charge in [0.2, 0.25) is 0 Å². The number of hydrogen-bond acceptors (Lipinski definition) is 6. The molecule has 188 valence electrons. The largest absolute Gasteiger partial charge is 0.493 e. The molecule has 0 N–H and O–H groups in total. The Morgan fingerprint density at radius 3 is 0.914 bits per heavy atom. The van der Waals surface area contributed by atoms with E-state index in [2.05, 4.69) is 0 Å². The Kier molecular flexibility index (Phi) is 8.13. The summed E-state index contributed by atoms with van der Waals surface area (Å²) in [6.45, 7) is 6.06. The summed E-state index contributed by atoms with van der Waals surface area (Å²) in [5.41, 5.74) is 2.87. The minimum absolute atomic E-state index is 0.572. The highest BCUT2D eigenvalue weighted by atomic mass is 35.6. The lowest BCUT2D eigenvalue weighted by Crippen LogP contribution is -2.66. The Hall–Kier alpha value is -3.03. The molecule has 0 atom stereocenters. The van der Waals surface area contributed by atoms with Crippen molar-refractivity contribution < 1.29 is 28.4 Å². The molecule has 0 aliphatic heterocycles. The first-order valence-electron chi connectivity index (χ1n) is 11.1. The zero-order valence-electron chi connectivity index (χ0n) is 21.8. The second-order valence-corrected chi connectivity index (χ2v) is 12.7. The molecule has 0 aliphatic rings. The summed E-state index contributed by atoms with van der Waals surface area (Å²) in [7, 11) is 6.22. The van der Waals surface area contributed by atoms with Gasteiger partial charge in [0.1, 0.15) is 0 Å². The third-order valence-electron chi connectivity index (χ3n) is 6.30. The van der Waals surface area contributed by atoms with Crippen molar-refractivity contribution in [3.63, 3.8) is 0 Å². The van der Waals surface area contributed by atoms with E-state index in [0.717, 1.165) is 32.3 Å². The second-order valence-electron chi connectivity index (χ2n) is 8.14. The first-order chi connectivity index (χ1) is 16.7. The van der Waals surface area contributed by atoms with Gasteiger partial charge in [0.05, 0.1) is 42.7 Å². The van der Waals surface area contributed by atoms with E-state index in [4.69, 9.17) is 39.5 Å². The van der Waals surface area contributed by atoms with Crippen LogP contribution in [0.2, 0.25) is 0 Å². The topological polar surface area (TPSA) is 55.4 Å². The van der Waals surface area contributed by atoms with E-state index in [-0.39, 0.29) is 0 Å². The molecule has 0 fully saturated rings. The van der Waals surface area contributed by atoms with Crippen LogP contribution in [0.3, 0.4) is 0 Å². The van der Waals surface area contributed by atoms with Gasteiger partial charge in [0.25, 0.3) is 7.38 Å². The molecule has 0 heterocycles. The second kappa shape index (κ2) is 10.7. The van der Waals surface area contributed by atoms with Crippen molar-refractivity contribution >= 4 is 34.0 Å². The summed E-state index contributed by atoms with van der Waals surface area (Å²) in [5.74, 6) is 3.48. The lowest BCUT2D eigenvalue weighted by Gasteiger charge is -2.35. The van der Waals surface area contributed by atoms with Gasteiger partial charge in [0, 0.05) is 15.6 Å². The maximum absolute atomic E-state index is 8.10. The molecule has 0 amide bonds. The van der Waals surface area contributed by atoms with Crippen molar-refractivity contribution in [1.29, 1.82) is 0 Å². The van der Waals surface area contributed by atoms with Gasteiger partial charge in [-0.2, -0.15) is 0 Å². The van der Waals surface area contributed by atoms with Crippen LogP contribution in [0, 0.1) is 20.8 Å². The van der Waals surface area contributed by atoms with Gasteiger partial charge in [-0.1, -0.05) is 18.2 Å². The average molecular weight is 517 g/mol. The van der Waals surface area contributed by atoms with E-state index in [1.54, 1.807) is 42.7 Å². The minimum atomic E-state index is -3.49. The van der Waals surface area contributed by atoms with Gasteiger partial charge in [-0.3, -0.25) is 0 Å². The van der Waals surface area contributed by atoms with Crippen molar-refractivity contribution in [1.82, 2.24) is 0 Å². The number of methoxy groups -OCH3 is 6. The summed E-state index contributed by atoms with van der Waals surface area (Å²) in [6.07, 6.45) is 0. The van der Waals surface area contributed by atoms with E-state index in [1.165, 1.54) is 0 Å². The van der Waals surface area contributed by atoms with Crippen molar-refractivity contribution in [3.05, 3.63) is 53.1 Å². The number of halogens is 1. The highest BCUT2D eigenvalue weighted by molar-refractivity contribution is 7.41. The van der Waals surface area contributed by atoms with E-state index in [1.807, 2.05) is 57.2 Å². The zero-order chi connectivity index (χ0) is 25.9. The van der Waals surface area contributed by atoms with Gasteiger partial charge in [-0.15, -0.1) is 11.1 Å². The monoisotopic (exact) mass is 516 g/mol. The van der Waals surface area contributed by atoms with Gasteiger partial charge in [0.15, 0.2) is 34.5 Å². The number of aryl methyl sites for hydroxylation is 3. The van der Waals surface area contributed by atoms with Crippen LogP contribution in [0.1, 0.15) is 16.7 Å². The molecule has 0 bridgehead atoms. The molecule has 0 aromatic heterocycles. The first kappa shape index (κ1) is 26.6. The summed E-state index contributed by atoms with van der Waals surface area (Å²) < 4.78 is 34.9. The zero-order valence-corrected chi connectivity index (χ0v) is 23.5. The molecule has 3 aromatic carbocycles. The van der Waals surface area contributed by atoms with Crippen molar-refractivity contribution in [2.75, 3.05) is 42.7 Å². The fraction of sp³-hybridized carbons (Fsp3) is 0.333. The van der Waals surface area contributed by atoms with Crippen LogP contribution < -0.4 is 44.0 Å². The van der Waals surface area contributed by atoms with Crippen molar-refractivity contribution in [2.24, 2.45) is 0 Å². The minimum Gasteiger partial charge on any atom is -0.493 e. The van der Waals surface area contributed by atoms with Gasteiger partial charge < -0.3 is 28.4 Å². The SMILES string of the molecule is COc1ccc(C)c([Si](Cl)(c2c(C)ccc(OC)c2OC)c2c(C)ccc(OC)c2OC)c1OC. The fourth-order valence-corrected chi connectivity index (χ4v) is 11.1. The molecular formula is C27H33ClO6Si. The van der Waals surface area contributed by atoms with Gasteiger partial charge in [-0.25, -0.2) is 0 Å². The van der Waals surface area contributed by atoms with Crippen LogP contribution in [-0.2, 0) is 0 Å². The highest BCUT2D eigenvalue weighted by Crippen LogP contribution is 2.38. The molecule has 35 heavy (non-hydrogen) atoms. The summed E-state index contributed by atoms with van der Waals surface area (Å²) in [4.78, 5) is 0. The first-order valence-corrected chi connectivity index (χ1v) is 14.1. The molecule has 0 radical (unpaired) electrons. The maximum atomic E-state index is 8.10. The lowest BCUT2D eigenvalue weighted by molar-refractivity contribution is 0.355. The van der Waals surface area contributed by atoms with E-state index >= 15 is 0 Å². The van der Waals surface area contributed by atoms with Crippen molar-refractivity contribution in [2.45, 2.75) is 20.8 Å². The number of hydrogen-bond donors (Lipinski definition) is 0. The number of ether oxygens (including phenoxy) is 6. The van der Waals surface area contributed by atoms with Crippen LogP contribution in [0.4, 0.5) is 0 Å². The quantitative estimate of drug-likeness (QED) is 0.244. The number of benzene rings is 3. The molecule has 0 saturated heterocycles. The van der Waals surface area contributed by atoms with Crippen LogP contribution in [0.25, 0.3) is 0 Å². The van der Waals surface area contributed by atoms with Crippen LogP contribution in [0.5, 0.6) is 34.5 Å². The molecule has 0 spiro atoms. The molecule has 8 heteroatoms. The maximum Gasteiger partial charge on any atom is 0.260 e. The van der Waals surface area contributed by atoms with Crippen LogP contribution in [-0.4, -0.2) is 50.0 Å². The number of rotatable bonds is 9. The Morgan fingerprint density at radius 1 is 0.457 bits per heavy atom. The molecule has 0 saturated carbocycles. The molecule has 3 aromatic rings. The average Bonchev–Trinajstić information content (AvgIpc) is 2.87. The lowest BCUT2D eigenvalue weighted by atomic mass is 10.2. The Morgan fingerprint density at radius 2 is 0.714 bits per heavy atom. The smallest absolute Gasteiger partial charge is 0.260 e. The Balaban J connectivity index is 2.69. The van der Waals surface area contributed by atoms with E-state index < -0.39 is 7.38 Å². The normalized spacial score (nSPS) is 11.1. The predicted molar refractivity (Wildman–Crippen MR) is 143 cm³/mol. The summed E-state index contributed by atoms with van der Waals surface area (Å²) >= 11 is 8.10. The summed E-state index contributed by atoms with van der Waals surface area (Å²) in [6, 6.07) is 11.6. The molecule has 0 unspecified atom stereocenters. The third-order valence-corrected chi connectivity index (χ3v) is 11.9. The van der Waals surface area contributed by atoms with Gasteiger partial charge in [-0.05, 0) is 55.7 Å². The molecule has 6 nitrogen and oxygen atoms in total. The van der Waals surface area contributed by atoms with E-state index in [0.29, 0.717) is 34.5 Å². The van der Waals surface area contributed by atoms with Crippen molar-refractivity contribution in [3.8, 4) is 34.5 Å². The van der Waals surface area contributed by atoms with Gasteiger partial charge >= 0.3 is 0 Å². The molecule has 0 aliphatic carbocycles. The predicted octanol–water partition coefficient (Wildman–Crippen LogP) is 3.87. The fourth-order valence-electron chi connectivity index (χ4n) is 4.74. The van der Waals surface area contributed by atoms with Crippen LogP contribution >= 0.6 is 11.1 Å². The third kappa shape index (κ3) is 4.27. The van der Waals surface area contributed by atoms with E-state index in [9.17, 15) is 0 Å². The molecular weight excluding hydrogens is 484 g/mol. The summed E-state index contributed by atoms with van der Waals surface area (Å²) in [5, 5.41) is 2.51. The standard InChI is InChI=1S/C27H33ClO6Si/c1-16-10-13-19(29-4)22(32-7)25(16)35(28,26-17(2)11-14-20(30-5)23(26)33-8)27-18(3)12-15-21(31-6)24(27)34-9/h10-15H,1-9H3. The Labute approximate surface area is 213 Å².